The second kappa shape index (κ2) is 7.93. The van der Waals surface area contributed by atoms with Crippen LogP contribution in [-0.2, 0) is 0 Å². The van der Waals surface area contributed by atoms with Crippen LogP contribution in [0.1, 0.15) is 64.9 Å². The number of hydrogen-bond acceptors (Lipinski definition) is 3. The van der Waals surface area contributed by atoms with Crippen LogP contribution in [0.5, 0.6) is 0 Å². The van der Waals surface area contributed by atoms with E-state index in [4.69, 9.17) is 0 Å². The Bertz CT molecular complexity index is 674. The van der Waals surface area contributed by atoms with Crippen molar-refractivity contribution in [2.24, 2.45) is 11.3 Å². The topological polar surface area (TPSA) is 35.5 Å². The molecule has 1 aliphatic heterocycles. The summed E-state index contributed by atoms with van der Waals surface area (Å²) in [5.41, 5.74) is 2.97. The molecule has 0 radical (unpaired) electrons. The normalized spacial score (nSPS) is 28.4. The zero-order valence-electron chi connectivity index (χ0n) is 18.0. The fourth-order valence-corrected chi connectivity index (χ4v) is 5.57. The molecule has 1 aromatic rings. The van der Waals surface area contributed by atoms with E-state index >= 15 is 0 Å². The highest BCUT2D eigenvalue weighted by Gasteiger charge is 2.49. The van der Waals surface area contributed by atoms with Crippen molar-refractivity contribution in [3.05, 3.63) is 41.5 Å². The van der Waals surface area contributed by atoms with Gasteiger partial charge < -0.3 is 15.3 Å². The Labute approximate surface area is 171 Å². The van der Waals surface area contributed by atoms with E-state index in [1.165, 1.54) is 37.7 Å². The largest absolute Gasteiger partial charge is 0.389 e. The standard InChI is InChI=1S/C25H38N2O/c1-4-20(14-19-8-6-5-7-9-19)22-15-23(22)26-21-16-25(17-21)10-12-27(13-11-25)18-24(2,3)28/h5-9,14,21-23,26,28H,4,10-13,15-18H2,1-3H3/b20-14+/t22-,23?/m0/s1. The quantitative estimate of drug-likeness (QED) is 0.730. The number of likely N-dealkylation sites (tertiary alicyclic amines) is 1. The van der Waals surface area contributed by atoms with Crippen LogP contribution < -0.4 is 5.32 Å². The molecule has 1 spiro atoms. The Morgan fingerprint density at radius 3 is 2.50 bits per heavy atom. The second-order valence-electron chi connectivity index (χ2n) is 10.3. The van der Waals surface area contributed by atoms with Gasteiger partial charge in [-0.15, -0.1) is 0 Å². The van der Waals surface area contributed by atoms with Gasteiger partial charge in [-0.1, -0.05) is 48.9 Å². The molecule has 0 bridgehead atoms. The first-order valence-corrected chi connectivity index (χ1v) is 11.3. The zero-order valence-corrected chi connectivity index (χ0v) is 18.0. The van der Waals surface area contributed by atoms with Crippen molar-refractivity contribution in [2.45, 2.75) is 77.0 Å². The fraction of sp³-hybridized carbons (Fsp3) is 0.680. The van der Waals surface area contributed by atoms with Crippen molar-refractivity contribution in [3.63, 3.8) is 0 Å². The molecule has 2 N–H and O–H groups in total. The van der Waals surface area contributed by atoms with Gasteiger partial charge in [-0.3, -0.25) is 0 Å². The number of nitrogens with one attached hydrogen (secondary N) is 1. The first-order chi connectivity index (χ1) is 13.4. The molecule has 2 saturated carbocycles. The summed E-state index contributed by atoms with van der Waals surface area (Å²) in [7, 11) is 0. The molecule has 4 rings (SSSR count). The van der Waals surface area contributed by atoms with E-state index in [1.807, 2.05) is 13.8 Å². The molecule has 2 atom stereocenters. The predicted molar refractivity (Wildman–Crippen MR) is 117 cm³/mol. The van der Waals surface area contributed by atoms with Crippen LogP contribution in [0.25, 0.3) is 6.08 Å². The van der Waals surface area contributed by atoms with E-state index < -0.39 is 5.60 Å². The van der Waals surface area contributed by atoms with Crippen LogP contribution >= 0.6 is 0 Å². The molecule has 2 aliphatic carbocycles. The minimum Gasteiger partial charge on any atom is -0.389 e. The molecule has 1 heterocycles. The SMILES string of the molecule is CC/C(=C\c1ccccc1)[C@@H]1CC1NC1CC2(CCN(CC(C)(C)O)CC2)C1. The highest BCUT2D eigenvalue weighted by Crippen LogP contribution is 2.51. The summed E-state index contributed by atoms with van der Waals surface area (Å²) in [6.07, 6.45) is 10.2. The van der Waals surface area contributed by atoms with Gasteiger partial charge in [-0.2, -0.15) is 0 Å². The molecular weight excluding hydrogens is 344 g/mol. The molecule has 0 aromatic heterocycles. The van der Waals surface area contributed by atoms with E-state index in [9.17, 15) is 5.11 Å². The van der Waals surface area contributed by atoms with Crippen molar-refractivity contribution in [1.29, 1.82) is 0 Å². The lowest BCUT2D eigenvalue weighted by Crippen LogP contribution is -2.55. The maximum atomic E-state index is 10.0. The summed E-state index contributed by atoms with van der Waals surface area (Å²) in [4.78, 5) is 2.45. The molecule has 28 heavy (non-hydrogen) atoms. The number of aliphatic hydroxyl groups is 1. The number of hydrogen-bond donors (Lipinski definition) is 2. The Hall–Kier alpha value is -1.16. The number of β-amino-alcohol motifs (C(OH)–C–C–N with tert-alkyl or cyclic N) is 1. The second-order valence-corrected chi connectivity index (χ2v) is 10.3. The molecule has 1 saturated heterocycles. The van der Waals surface area contributed by atoms with Crippen molar-refractivity contribution >= 4 is 6.08 Å². The van der Waals surface area contributed by atoms with Crippen molar-refractivity contribution in [3.8, 4) is 0 Å². The summed E-state index contributed by atoms with van der Waals surface area (Å²) in [5, 5.41) is 14.0. The van der Waals surface area contributed by atoms with Crippen molar-refractivity contribution in [1.82, 2.24) is 10.2 Å². The third-order valence-corrected chi connectivity index (χ3v) is 7.16. The number of nitrogens with zero attached hydrogens (tertiary/aromatic N) is 1. The Morgan fingerprint density at radius 2 is 1.89 bits per heavy atom. The Balaban J connectivity index is 1.22. The predicted octanol–water partition coefficient (Wildman–Crippen LogP) is 4.47. The zero-order chi connectivity index (χ0) is 19.8. The van der Waals surface area contributed by atoms with Crippen LogP contribution in [-0.4, -0.2) is 47.3 Å². The molecule has 1 aromatic carbocycles. The first kappa shape index (κ1) is 20.1. The van der Waals surface area contributed by atoms with Crippen molar-refractivity contribution in [2.75, 3.05) is 19.6 Å². The van der Waals surface area contributed by atoms with Gasteiger partial charge in [0.05, 0.1) is 5.60 Å². The molecular formula is C25H38N2O. The van der Waals surface area contributed by atoms with E-state index in [1.54, 1.807) is 5.57 Å². The van der Waals surface area contributed by atoms with E-state index in [0.717, 1.165) is 38.0 Å². The van der Waals surface area contributed by atoms with E-state index in [-0.39, 0.29) is 0 Å². The van der Waals surface area contributed by atoms with Crippen LogP contribution in [0.3, 0.4) is 0 Å². The molecule has 154 valence electrons. The van der Waals surface area contributed by atoms with E-state index in [2.05, 4.69) is 53.5 Å². The fourth-order valence-electron chi connectivity index (χ4n) is 5.57. The maximum Gasteiger partial charge on any atom is 0.0718 e. The first-order valence-electron chi connectivity index (χ1n) is 11.3. The van der Waals surface area contributed by atoms with Gasteiger partial charge in [0.1, 0.15) is 0 Å². The lowest BCUT2D eigenvalue weighted by molar-refractivity contribution is -0.0256. The number of rotatable bonds is 7. The monoisotopic (exact) mass is 382 g/mol. The Kier molecular flexibility index (Phi) is 5.70. The molecule has 3 fully saturated rings. The van der Waals surface area contributed by atoms with E-state index in [0.29, 0.717) is 11.5 Å². The van der Waals surface area contributed by atoms with Crippen LogP contribution in [0.4, 0.5) is 0 Å². The number of piperidine rings is 1. The summed E-state index contributed by atoms with van der Waals surface area (Å²) in [5.74, 6) is 0.746. The van der Waals surface area contributed by atoms with Crippen LogP contribution in [0, 0.1) is 11.3 Å². The highest BCUT2D eigenvalue weighted by molar-refractivity contribution is 5.54. The van der Waals surface area contributed by atoms with Gasteiger partial charge in [-0.05, 0) is 82.4 Å². The van der Waals surface area contributed by atoms with Crippen LogP contribution in [0.2, 0.25) is 0 Å². The minimum atomic E-state index is -0.570. The van der Waals surface area contributed by atoms with Gasteiger partial charge in [0.2, 0.25) is 0 Å². The molecule has 3 nitrogen and oxygen atoms in total. The third-order valence-electron chi connectivity index (χ3n) is 7.16. The summed E-state index contributed by atoms with van der Waals surface area (Å²) in [6.45, 7) is 9.25. The third kappa shape index (κ3) is 4.87. The lowest BCUT2D eigenvalue weighted by atomic mass is 9.60. The van der Waals surface area contributed by atoms with Gasteiger partial charge in [0.25, 0.3) is 0 Å². The average Bonchev–Trinajstić information content (AvgIpc) is 3.39. The van der Waals surface area contributed by atoms with Gasteiger partial charge in [0.15, 0.2) is 0 Å². The van der Waals surface area contributed by atoms with Gasteiger partial charge in [0, 0.05) is 18.6 Å². The molecule has 3 aliphatic rings. The molecule has 1 unspecified atom stereocenters. The molecule has 0 amide bonds. The minimum absolute atomic E-state index is 0.570. The summed E-state index contributed by atoms with van der Waals surface area (Å²) in [6, 6.07) is 12.2. The smallest absolute Gasteiger partial charge is 0.0718 e. The van der Waals surface area contributed by atoms with Crippen molar-refractivity contribution < 1.29 is 5.11 Å². The van der Waals surface area contributed by atoms with Gasteiger partial charge in [-0.25, -0.2) is 0 Å². The maximum absolute atomic E-state index is 10.0. The number of benzene rings is 1. The highest BCUT2D eigenvalue weighted by atomic mass is 16.3. The lowest BCUT2D eigenvalue weighted by Gasteiger charge is -2.53. The summed E-state index contributed by atoms with van der Waals surface area (Å²) < 4.78 is 0. The summed E-state index contributed by atoms with van der Waals surface area (Å²) >= 11 is 0. The van der Waals surface area contributed by atoms with Gasteiger partial charge >= 0.3 is 0 Å². The average molecular weight is 383 g/mol. The molecule has 3 heteroatoms. The Morgan fingerprint density at radius 1 is 1.21 bits per heavy atom. The van der Waals surface area contributed by atoms with Crippen LogP contribution in [0.15, 0.2) is 35.9 Å².